The number of ether oxygens (including phenoxy) is 2. The fourth-order valence-corrected chi connectivity index (χ4v) is 2.93. The first-order valence-corrected chi connectivity index (χ1v) is 7.79. The number of morpholine rings is 1. The van der Waals surface area contributed by atoms with Gasteiger partial charge in [-0.25, -0.2) is 9.18 Å². The van der Waals surface area contributed by atoms with Crippen LogP contribution in [-0.2, 0) is 9.47 Å². The third kappa shape index (κ3) is 3.02. The summed E-state index contributed by atoms with van der Waals surface area (Å²) in [6, 6.07) is 4.93. The zero-order chi connectivity index (χ0) is 15.5. The van der Waals surface area contributed by atoms with Crippen molar-refractivity contribution in [1.82, 2.24) is 0 Å². The molecule has 0 aliphatic carbocycles. The summed E-state index contributed by atoms with van der Waals surface area (Å²) in [6.07, 6.45) is 1.30. The van der Waals surface area contributed by atoms with Gasteiger partial charge in [-0.15, -0.1) is 0 Å². The van der Waals surface area contributed by atoms with Gasteiger partial charge < -0.3 is 14.4 Å². The standard InChI is InChI=1S/C16H21FN2O3/c1-2-3-13-11-19(16(20)22-13)12-4-5-15(14(17)10-12)18-6-8-21-9-7-18/h4-5,10,13H,2-3,6-9,11H2,1H3. The molecule has 1 unspecified atom stereocenters. The molecule has 2 heterocycles. The number of carbonyl (C=O) groups excluding carboxylic acids is 1. The second kappa shape index (κ2) is 6.52. The minimum Gasteiger partial charge on any atom is -0.444 e. The second-order valence-corrected chi connectivity index (χ2v) is 5.64. The number of halogens is 1. The van der Waals surface area contributed by atoms with Crippen LogP contribution in [0.15, 0.2) is 18.2 Å². The molecule has 2 saturated heterocycles. The molecule has 0 bridgehead atoms. The van der Waals surface area contributed by atoms with E-state index < -0.39 is 6.09 Å². The van der Waals surface area contributed by atoms with Crippen molar-refractivity contribution in [2.45, 2.75) is 25.9 Å². The van der Waals surface area contributed by atoms with Crippen LogP contribution in [0.1, 0.15) is 19.8 Å². The summed E-state index contributed by atoms with van der Waals surface area (Å²) in [4.78, 5) is 15.4. The Labute approximate surface area is 129 Å². The summed E-state index contributed by atoms with van der Waals surface area (Å²) < 4.78 is 25.0. The van der Waals surface area contributed by atoms with Crippen molar-refractivity contribution in [3.63, 3.8) is 0 Å². The van der Waals surface area contributed by atoms with Crippen molar-refractivity contribution in [2.24, 2.45) is 0 Å². The quantitative estimate of drug-likeness (QED) is 0.858. The van der Waals surface area contributed by atoms with E-state index in [1.807, 2.05) is 11.8 Å². The van der Waals surface area contributed by atoms with Crippen LogP contribution in [0.3, 0.4) is 0 Å². The Hall–Kier alpha value is -1.82. The zero-order valence-corrected chi connectivity index (χ0v) is 12.8. The third-order valence-electron chi connectivity index (χ3n) is 4.08. The van der Waals surface area contributed by atoms with Gasteiger partial charge in [0.05, 0.1) is 31.1 Å². The predicted molar refractivity (Wildman–Crippen MR) is 82.0 cm³/mol. The molecular weight excluding hydrogens is 287 g/mol. The van der Waals surface area contributed by atoms with Gasteiger partial charge in [0.2, 0.25) is 0 Å². The Morgan fingerprint density at radius 1 is 1.32 bits per heavy atom. The molecule has 0 saturated carbocycles. The van der Waals surface area contributed by atoms with Gasteiger partial charge in [-0.05, 0) is 24.6 Å². The summed E-state index contributed by atoms with van der Waals surface area (Å²) in [5, 5.41) is 0. The van der Waals surface area contributed by atoms with Gasteiger partial charge in [-0.2, -0.15) is 0 Å². The monoisotopic (exact) mass is 308 g/mol. The molecule has 1 atom stereocenters. The van der Waals surface area contributed by atoms with Crippen LogP contribution in [0.4, 0.5) is 20.6 Å². The van der Waals surface area contributed by atoms with Gasteiger partial charge in [0.25, 0.3) is 0 Å². The highest BCUT2D eigenvalue weighted by molar-refractivity contribution is 5.90. The van der Waals surface area contributed by atoms with Crippen LogP contribution in [0.5, 0.6) is 0 Å². The minimum absolute atomic E-state index is 0.0977. The van der Waals surface area contributed by atoms with Crippen LogP contribution in [0.2, 0.25) is 0 Å². The molecule has 2 aliphatic heterocycles. The van der Waals surface area contributed by atoms with E-state index in [1.165, 1.54) is 11.0 Å². The maximum atomic E-state index is 14.4. The van der Waals surface area contributed by atoms with E-state index in [1.54, 1.807) is 12.1 Å². The Morgan fingerprint density at radius 3 is 2.77 bits per heavy atom. The van der Waals surface area contributed by atoms with Gasteiger partial charge in [-0.1, -0.05) is 13.3 Å². The first kappa shape index (κ1) is 15.1. The molecule has 22 heavy (non-hydrogen) atoms. The van der Waals surface area contributed by atoms with Crippen molar-refractivity contribution in [2.75, 3.05) is 42.6 Å². The number of nitrogens with zero attached hydrogens (tertiary/aromatic N) is 2. The fraction of sp³-hybridized carbons (Fsp3) is 0.562. The van der Waals surface area contributed by atoms with Crippen molar-refractivity contribution in [3.8, 4) is 0 Å². The smallest absolute Gasteiger partial charge is 0.414 e. The number of amides is 1. The van der Waals surface area contributed by atoms with E-state index in [4.69, 9.17) is 9.47 Å². The van der Waals surface area contributed by atoms with Gasteiger partial charge in [-0.3, -0.25) is 4.90 Å². The summed E-state index contributed by atoms with van der Waals surface area (Å²) in [5.41, 5.74) is 1.11. The molecule has 1 aromatic rings. The fourth-order valence-electron chi connectivity index (χ4n) is 2.93. The normalized spacial score (nSPS) is 22.1. The lowest BCUT2D eigenvalue weighted by Crippen LogP contribution is -2.36. The Bertz CT molecular complexity index is 546. The molecule has 5 nitrogen and oxygen atoms in total. The second-order valence-electron chi connectivity index (χ2n) is 5.64. The van der Waals surface area contributed by atoms with Crippen molar-refractivity contribution in [3.05, 3.63) is 24.0 Å². The summed E-state index contributed by atoms with van der Waals surface area (Å²) in [7, 11) is 0. The number of hydrogen-bond donors (Lipinski definition) is 0. The van der Waals surface area contributed by atoms with E-state index in [2.05, 4.69) is 0 Å². The van der Waals surface area contributed by atoms with Gasteiger partial charge in [0.1, 0.15) is 11.9 Å². The van der Waals surface area contributed by atoms with E-state index in [-0.39, 0.29) is 11.9 Å². The first-order valence-electron chi connectivity index (χ1n) is 7.79. The molecule has 1 amide bonds. The van der Waals surface area contributed by atoms with Gasteiger partial charge in [0, 0.05) is 13.1 Å². The zero-order valence-electron chi connectivity index (χ0n) is 12.8. The van der Waals surface area contributed by atoms with Crippen LogP contribution in [0.25, 0.3) is 0 Å². The van der Waals surface area contributed by atoms with Crippen LogP contribution in [0, 0.1) is 5.82 Å². The molecule has 2 aliphatic rings. The number of hydrogen-bond acceptors (Lipinski definition) is 4. The van der Waals surface area contributed by atoms with Crippen molar-refractivity contribution in [1.29, 1.82) is 0 Å². The topological polar surface area (TPSA) is 42.0 Å². The number of anilines is 2. The molecule has 0 radical (unpaired) electrons. The summed E-state index contributed by atoms with van der Waals surface area (Å²) >= 11 is 0. The lowest BCUT2D eigenvalue weighted by molar-refractivity contribution is 0.122. The number of rotatable bonds is 4. The van der Waals surface area contributed by atoms with E-state index >= 15 is 0 Å². The van der Waals surface area contributed by atoms with Crippen molar-refractivity contribution < 1.29 is 18.7 Å². The number of benzene rings is 1. The molecule has 6 heteroatoms. The Morgan fingerprint density at radius 2 is 2.09 bits per heavy atom. The third-order valence-corrected chi connectivity index (χ3v) is 4.08. The lowest BCUT2D eigenvalue weighted by Gasteiger charge is -2.29. The highest BCUT2D eigenvalue weighted by atomic mass is 19.1. The lowest BCUT2D eigenvalue weighted by atomic mass is 10.2. The molecule has 0 aromatic heterocycles. The molecule has 0 N–H and O–H groups in total. The molecule has 1 aromatic carbocycles. The molecule has 2 fully saturated rings. The molecule has 3 rings (SSSR count). The van der Waals surface area contributed by atoms with E-state index in [9.17, 15) is 9.18 Å². The average molecular weight is 308 g/mol. The highest BCUT2D eigenvalue weighted by Crippen LogP contribution is 2.29. The van der Waals surface area contributed by atoms with E-state index in [0.29, 0.717) is 44.2 Å². The Kier molecular flexibility index (Phi) is 4.47. The van der Waals surface area contributed by atoms with Crippen molar-refractivity contribution >= 4 is 17.5 Å². The Balaban J connectivity index is 1.75. The average Bonchev–Trinajstić information content (AvgIpc) is 2.89. The largest absolute Gasteiger partial charge is 0.444 e. The first-order chi connectivity index (χ1) is 10.7. The van der Waals surface area contributed by atoms with Crippen LogP contribution < -0.4 is 9.80 Å². The van der Waals surface area contributed by atoms with E-state index in [0.717, 1.165) is 12.8 Å². The maximum absolute atomic E-state index is 14.4. The number of cyclic esters (lactones) is 1. The van der Waals surface area contributed by atoms with Crippen LogP contribution >= 0.6 is 0 Å². The minimum atomic E-state index is -0.392. The number of carbonyl (C=O) groups is 1. The molecular formula is C16H21FN2O3. The highest BCUT2D eigenvalue weighted by Gasteiger charge is 2.32. The molecule has 120 valence electrons. The van der Waals surface area contributed by atoms with Crippen LogP contribution in [-0.4, -0.2) is 45.0 Å². The summed E-state index contributed by atoms with van der Waals surface area (Å²) in [5.74, 6) is -0.314. The maximum Gasteiger partial charge on any atom is 0.414 e. The van der Waals surface area contributed by atoms with Gasteiger partial charge >= 0.3 is 6.09 Å². The SMILES string of the molecule is CCCC1CN(c2ccc(N3CCOCC3)c(F)c2)C(=O)O1. The predicted octanol–water partition coefficient (Wildman–Crippen LogP) is 2.79. The molecule has 0 spiro atoms. The van der Waals surface area contributed by atoms with Gasteiger partial charge in [0.15, 0.2) is 0 Å². The summed E-state index contributed by atoms with van der Waals surface area (Å²) in [6.45, 7) is 5.12.